The van der Waals surface area contributed by atoms with Crippen molar-refractivity contribution < 1.29 is 14.6 Å². The summed E-state index contributed by atoms with van der Waals surface area (Å²) in [4.78, 5) is 11.7. The van der Waals surface area contributed by atoms with E-state index >= 15 is 0 Å². The van der Waals surface area contributed by atoms with E-state index in [1.807, 2.05) is 0 Å². The van der Waals surface area contributed by atoms with E-state index in [1.165, 1.54) is 0 Å². The fourth-order valence-electron chi connectivity index (χ4n) is 4.56. The van der Waals surface area contributed by atoms with Crippen LogP contribution >= 0.6 is 0 Å². The van der Waals surface area contributed by atoms with Gasteiger partial charge in [0.2, 0.25) is 0 Å². The lowest BCUT2D eigenvalue weighted by Crippen LogP contribution is -2.54. The van der Waals surface area contributed by atoms with Gasteiger partial charge in [0.15, 0.2) is 0 Å². The first-order valence-corrected chi connectivity index (χ1v) is 6.92. The van der Waals surface area contributed by atoms with Gasteiger partial charge in [-0.25, -0.2) is 4.79 Å². The van der Waals surface area contributed by atoms with Crippen molar-refractivity contribution in [3.8, 4) is 0 Å². The second-order valence-electron chi connectivity index (χ2n) is 6.98. The maximum Gasteiger partial charge on any atom is 0.334 e. The smallest absolute Gasteiger partial charge is 0.334 e. The predicted octanol–water partition coefficient (Wildman–Crippen LogP) is 2.29. The Bertz CT molecular complexity index is 423. The van der Waals surface area contributed by atoms with Crippen molar-refractivity contribution in [3.63, 3.8) is 0 Å². The molecule has 2 aliphatic carbocycles. The van der Waals surface area contributed by atoms with Crippen LogP contribution in [0, 0.1) is 22.7 Å². The molecule has 0 amide bonds. The van der Waals surface area contributed by atoms with E-state index in [2.05, 4.69) is 26.8 Å². The Morgan fingerprint density at radius 3 is 2.83 bits per heavy atom. The lowest BCUT2D eigenvalue weighted by atomic mass is 9.48. The van der Waals surface area contributed by atoms with E-state index in [9.17, 15) is 9.90 Å². The average molecular weight is 250 g/mol. The monoisotopic (exact) mass is 250 g/mol. The lowest BCUT2D eigenvalue weighted by molar-refractivity contribution is -0.135. The Hall–Kier alpha value is -0.830. The number of allylic oxidation sites excluding steroid dienone is 1. The van der Waals surface area contributed by atoms with Gasteiger partial charge in [-0.2, -0.15) is 0 Å². The first-order chi connectivity index (χ1) is 8.37. The molecule has 0 radical (unpaired) electrons. The molecule has 1 saturated carbocycles. The van der Waals surface area contributed by atoms with Gasteiger partial charge in [-0.1, -0.05) is 26.8 Å². The molecule has 18 heavy (non-hydrogen) atoms. The predicted molar refractivity (Wildman–Crippen MR) is 67.8 cm³/mol. The van der Waals surface area contributed by atoms with Crippen LogP contribution in [0.2, 0.25) is 0 Å². The second kappa shape index (κ2) is 3.60. The summed E-state index contributed by atoms with van der Waals surface area (Å²) in [6.07, 6.45) is 4.54. The number of esters is 1. The van der Waals surface area contributed by atoms with Gasteiger partial charge in [-0.05, 0) is 36.0 Å². The van der Waals surface area contributed by atoms with Crippen molar-refractivity contribution in [2.24, 2.45) is 22.7 Å². The molecule has 0 aromatic rings. The number of aliphatic hydroxyl groups excluding tert-OH is 1. The van der Waals surface area contributed by atoms with Crippen LogP contribution in [-0.2, 0) is 9.53 Å². The van der Waals surface area contributed by atoms with Gasteiger partial charge in [0, 0.05) is 11.5 Å². The average Bonchev–Trinajstić information content (AvgIpc) is 2.68. The van der Waals surface area contributed by atoms with Crippen LogP contribution in [0.4, 0.5) is 0 Å². The van der Waals surface area contributed by atoms with Crippen LogP contribution < -0.4 is 0 Å². The van der Waals surface area contributed by atoms with Crippen LogP contribution in [0.1, 0.15) is 40.0 Å². The van der Waals surface area contributed by atoms with Gasteiger partial charge >= 0.3 is 5.97 Å². The van der Waals surface area contributed by atoms with Crippen molar-refractivity contribution in [2.75, 3.05) is 6.61 Å². The highest BCUT2D eigenvalue weighted by Crippen LogP contribution is 2.60. The van der Waals surface area contributed by atoms with Crippen LogP contribution in [0.3, 0.4) is 0 Å². The Morgan fingerprint density at radius 1 is 1.39 bits per heavy atom. The number of fused-ring (bicyclic) bond motifs is 3. The zero-order valence-electron chi connectivity index (χ0n) is 11.4. The first kappa shape index (κ1) is 12.2. The molecule has 0 aromatic carbocycles. The van der Waals surface area contributed by atoms with E-state index in [4.69, 9.17) is 4.74 Å². The van der Waals surface area contributed by atoms with Crippen LogP contribution in [0.25, 0.3) is 0 Å². The molecule has 3 aliphatic rings. The largest absolute Gasteiger partial charge is 0.462 e. The van der Waals surface area contributed by atoms with Crippen LogP contribution in [-0.4, -0.2) is 23.8 Å². The van der Waals surface area contributed by atoms with Crippen molar-refractivity contribution in [1.29, 1.82) is 0 Å². The van der Waals surface area contributed by atoms with Gasteiger partial charge in [0.1, 0.15) is 0 Å². The summed E-state index contributed by atoms with van der Waals surface area (Å²) in [5.74, 6) is 0.538. The van der Waals surface area contributed by atoms with Crippen molar-refractivity contribution >= 4 is 5.97 Å². The SMILES string of the molecule is CC1(C)[C@@H](O)CC[C@]2(C)[C@H]3COC(=O)C3=CC[C@@H]12. The molecule has 4 atom stereocenters. The highest BCUT2D eigenvalue weighted by atomic mass is 16.5. The summed E-state index contributed by atoms with van der Waals surface area (Å²) in [7, 11) is 0. The molecule has 0 unspecified atom stereocenters. The van der Waals surface area contributed by atoms with Gasteiger partial charge in [0.25, 0.3) is 0 Å². The molecular weight excluding hydrogens is 228 g/mol. The fraction of sp³-hybridized carbons (Fsp3) is 0.800. The highest BCUT2D eigenvalue weighted by Gasteiger charge is 2.58. The second-order valence-corrected chi connectivity index (χ2v) is 6.98. The third kappa shape index (κ3) is 1.37. The summed E-state index contributed by atoms with van der Waals surface area (Å²) in [6, 6.07) is 0. The third-order valence-corrected chi connectivity index (χ3v) is 5.87. The molecule has 100 valence electrons. The van der Waals surface area contributed by atoms with Gasteiger partial charge in [-0.3, -0.25) is 0 Å². The molecular formula is C15H22O3. The summed E-state index contributed by atoms with van der Waals surface area (Å²) < 4.78 is 5.24. The lowest BCUT2D eigenvalue weighted by Gasteiger charge is -2.56. The standard InChI is InChI=1S/C15H22O3/c1-14(2)11-5-4-9-10(8-18-13(9)17)15(11,3)7-6-12(14)16/h4,10-12,16H,5-8H2,1-3H3/t10-,11-,12-,15+/m0/s1. The molecule has 3 heteroatoms. The van der Waals surface area contributed by atoms with E-state index < -0.39 is 0 Å². The van der Waals surface area contributed by atoms with E-state index in [-0.39, 0.29) is 28.8 Å². The Labute approximate surface area is 108 Å². The minimum absolute atomic E-state index is 0.0827. The summed E-state index contributed by atoms with van der Waals surface area (Å²) >= 11 is 0. The number of hydrogen-bond acceptors (Lipinski definition) is 3. The summed E-state index contributed by atoms with van der Waals surface area (Å²) in [5.41, 5.74) is 0.903. The fourth-order valence-corrected chi connectivity index (χ4v) is 4.56. The van der Waals surface area contributed by atoms with Crippen LogP contribution in [0.15, 0.2) is 11.6 Å². The number of ether oxygens (including phenoxy) is 1. The Balaban J connectivity index is 2.03. The molecule has 0 aromatic heterocycles. The summed E-state index contributed by atoms with van der Waals surface area (Å²) in [5, 5.41) is 10.3. The third-order valence-electron chi connectivity index (χ3n) is 5.87. The van der Waals surface area contributed by atoms with E-state index in [1.54, 1.807) is 0 Å². The molecule has 0 spiro atoms. The molecule has 1 saturated heterocycles. The highest BCUT2D eigenvalue weighted by molar-refractivity contribution is 5.91. The number of carbonyl (C=O) groups excluding carboxylic acids is 1. The number of hydrogen-bond donors (Lipinski definition) is 1. The summed E-state index contributed by atoms with van der Waals surface area (Å²) in [6.45, 7) is 7.14. The molecule has 2 fully saturated rings. The molecule has 3 rings (SSSR count). The number of aliphatic hydroxyl groups is 1. The normalized spacial score (nSPS) is 45.9. The van der Waals surface area contributed by atoms with Gasteiger partial charge in [0.05, 0.1) is 12.7 Å². The van der Waals surface area contributed by atoms with Crippen molar-refractivity contribution in [2.45, 2.75) is 46.1 Å². The molecule has 1 aliphatic heterocycles. The topological polar surface area (TPSA) is 46.5 Å². The van der Waals surface area contributed by atoms with Crippen molar-refractivity contribution in [1.82, 2.24) is 0 Å². The zero-order valence-corrected chi connectivity index (χ0v) is 11.4. The Kier molecular flexibility index (Phi) is 2.44. The minimum Gasteiger partial charge on any atom is -0.462 e. The molecule has 1 N–H and O–H groups in total. The molecule has 3 nitrogen and oxygen atoms in total. The van der Waals surface area contributed by atoms with Gasteiger partial charge in [-0.15, -0.1) is 0 Å². The minimum atomic E-state index is -0.233. The molecule has 0 bridgehead atoms. The first-order valence-electron chi connectivity index (χ1n) is 6.92. The number of carbonyl (C=O) groups is 1. The van der Waals surface area contributed by atoms with Crippen molar-refractivity contribution in [3.05, 3.63) is 11.6 Å². The Morgan fingerprint density at radius 2 is 2.11 bits per heavy atom. The maximum atomic E-state index is 11.7. The van der Waals surface area contributed by atoms with Crippen LogP contribution in [0.5, 0.6) is 0 Å². The van der Waals surface area contributed by atoms with Gasteiger partial charge < -0.3 is 9.84 Å². The molecule has 1 heterocycles. The van der Waals surface area contributed by atoms with E-state index in [0.29, 0.717) is 12.5 Å². The number of cyclic esters (lactones) is 1. The quantitative estimate of drug-likeness (QED) is 0.671. The zero-order chi connectivity index (χ0) is 13.1. The maximum absolute atomic E-state index is 11.7. The number of rotatable bonds is 0. The van der Waals surface area contributed by atoms with E-state index in [0.717, 1.165) is 24.8 Å².